The maximum Gasteiger partial charge on any atom is 0.0719 e. The van der Waals surface area contributed by atoms with Crippen molar-refractivity contribution in [2.45, 2.75) is 44.6 Å². The van der Waals surface area contributed by atoms with Gasteiger partial charge in [0.2, 0.25) is 0 Å². The summed E-state index contributed by atoms with van der Waals surface area (Å²) in [5.41, 5.74) is 7.98. The number of hydrogen-bond acceptors (Lipinski definition) is 2. The third kappa shape index (κ3) is 2.62. The molecule has 16 heavy (non-hydrogen) atoms. The Morgan fingerprint density at radius 3 is 3.06 bits per heavy atom. The zero-order valence-corrected chi connectivity index (χ0v) is 9.96. The summed E-state index contributed by atoms with van der Waals surface area (Å²) < 4.78 is 0. The minimum Gasteiger partial charge on any atom is -0.316 e. The molecule has 2 heteroatoms. The molecule has 1 aliphatic carbocycles. The second-order valence-electron chi connectivity index (χ2n) is 4.98. The summed E-state index contributed by atoms with van der Waals surface area (Å²) in [6.45, 7) is 3.87. The van der Waals surface area contributed by atoms with Gasteiger partial charge in [0.25, 0.3) is 0 Å². The number of hydrogen-bond donors (Lipinski definition) is 1. The average molecular weight is 214 g/mol. The topological polar surface area (TPSA) is 38.9 Å². The van der Waals surface area contributed by atoms with Gasteiger partial charge in [-0.3, -0.25) is 4.98 Å². The normalized spacial score (nSPS) is 19.6. The first-order valence-electron chi connectivity index (χ1n) is 5.81. The molecule has 2 nitrogen and oxygen atoms in total. The maximum atomic E-state index is 5.88. The maximum absolute atomic E-state index is 5.88. The van der Waals surface area contributed by atoms with Crippen molar-refractivity contribution in [1.82, 2.24) is 4.98 Å². The number of fused-ring (bicyclic) bond motifs is 1. The highest BCUT2D eigenvalue weighted by molar-refractivity contribution is 5.33. The lowest BCUT2D eigenvalue weighted by Crippen LogP contribution is -2.29. The van der Waals surface area contributed by atoms with Crippen LogP contribution >= 0.6 is 0 Å². The van der Waals surface area contributed by atoms with Crippen LogP contribution in [0.4, 0.5) is 0 Å². The summed E-state index contributed by atoms with van der Waals surface area (Å²) in [7, 11) is 0. The Kier molecular flexibility index (Phi) is 2.98. The Balaban J connectivity index is 2.28. The van der Waals surface area contributed by atoms with Crippen LogP contribution in [0.25, 0.3) is 0 Å². The summed E-state index contributed by atoms with van der Waals surface area (Å²) in [6, 6.07) is 4.16. The molecular weight excluding hydrogens is 196 g/mol. The third-order valence-corrected chi connectivity index (χ3v) is 2.76. The number of nitrogens with zero attached hydrogens (tertiary/aromatic N) is 1. The van der Waals surface area contributed by atoms with Crippen molar-refractivity contribution in [3.63, 3.8) is 0 Å². The summed E-state index contributed by atoms with van der Waals surface area (Å²) in [4.78, 5) is 4.46. The number of aryl methyl sites for hydroxylation is 1. The van der Waals surface area contributed by atoms with Crippen molar-refractivity contribution >= 4 is 0 Å². The van der Waals surface area contributed by atoms with Crippen LogP contribution in [0, 0.1) is 11.8 Å². The van der Waals surface area contributed by atoms with Gasteiger partial charge in [0, 0.05) is 6.20 Å². The molecule has 2 rings (SSSR count). The highest BCUT2D eigenvalue weighted by Crippen LogP contribution is 2.29. The molecule has 0 radical (unpaired) electrons. The van der Waals surface area contributed by atoms with Gasteiger partial charge in [0.1, 0.15) is 0 Å². The standard InChI is InChI=1S/C14H18N2/c1-14(2,15)9-8-12-6-3-5-11-7-4-10-16-13(11)12/h4,7,10,12H,3,5-6,15H2,1-2H3. The monoisotopic (exact) mass is 214 g/mol. The van der Waals surface area contributed by atoms with Crippen molar-refractivity contribution in [3.05, 3.63) is 29.6 Å². The van der Waals surface area contributed by atoms with Crippen LogP contribution in [0.1, 0.15) is 43.9 Å². The molecule has 0 saturated heterocycles. The molecule has 1 aliphatic rings. The van der Waals surface area contributed by atoms with Crippen molar-refractivity contribution in [2.75, 3.05) is 0 Å². The highest BCUT2D eigenvalue weighted by atomic mass is 14.7. The van der Waals surface area contributed by atoms with E-state index in [4.69, 9.17) is 5.73 Å². The molecule has 0 aromatic carbocycles. The van der Waals surface area contributed by atoms with Crippen LogP contribution in [-0.4, -0.2) is 10.5 Å². The van der Waals surface area contributed by atoms with Gasteiger partial charge in [-0.05, 0) is 44.7 Å². The van der Waals surface area contributed by atoms with Crippen LogP contribution < -0.4 is 5.73 Å². The van der Waals surface area contributed by atoms with Gasteiger partial charge in [-0.15, -0.1) is 0 Å². The lowest BCUT2D eigenvalue weighted by atomic mass is 9.86. The number of rotatable bonds is 0. The van der Waals surface area contributed by atoms with Gasteiger partial charge in [-0.25, -0.2) is 0 Å². The van der Waals surface area contributed by atoms with E-state index in [-0.39, 0.29) is 5.92 Å². The molecule has 1 aromatic heterocycles. The first-order valence-corrected chi connectivity index (χ1v) is 5.81. The second-order valence-corrected chi connectivity index (χ2v) is 4.98. The zero-order valence-electron chi connectivity index (χ0n) is 9.96. The lowest BCUT2D eigenvalue weighted by Gasteiger charge is -2.20. The van der Waals surface area contributed by atoms with Crippen LogP contribution in [-0.2, 0) is 6.42 Å². The summed E-state index contributed by atoms with van der Waals surface area (Å²) in [5, 5.41) is 0. The van der Waals surface area contributed by atoms with Gasteiger partial charge in [0.15, 0.2) is 0 Å². The fourth-order valence-corrected chi connectivity index (χ4v) is 2.02. The molecule has 1 atom stereocenters. The van der Waals surface area contributed by atoms with Crippen LogP contribution in [0.5, 0.6) is 0 Å². The van der Waals surface area contributed by atoms with E-state index in [0.717, 1.165) is 18.5 Å². The molecule has 0 spiro atoms. The predicted molar refractivity (Wildman–Crippen MR) is 66.0 cm³/mol. The molecule has 0 aliphatic heterocycles. The smallest absolute Gasteiger partial charge is 0.0719 e. The van der Waals surface area contributed by atoms with E-state index in [9.17, 15) is 0 Å². The molecule has 1 heterocycles. The quantitative estimate of drug-likeness (QED) is 0.673. The summed E-state index contributed by atoms with van der Waals surface area (Å²) in [6.07, 6.45) is 5.29. The first kappa shape index (κ1) is 11.2. The molecule has 0 fully saturated rings. The van der Waals surface area contributed by atoms with Crippen LogP contribution in [0.2, 0.25) is 0 Å². The van der Waals surface area contributed by atoms with E-state index >= 15 is 0 Å². The fourth-order valence-electron chi connectivity index (χ4n) is 2.02. The predicted octanol–water partition coefficient (Wildman–Crippen LogP) is 2.24. The van der Waals surface area contributed by atoms with Crippen LogP contribution in [0.15, 0.2) is 18.3 Å². The molecule has 2 N–H and O–H groups in total. The van der Waals surface area contributed by atoms with Gasteiger partial charge in [-0.1, -0.05) is 17.9 Å². The van der Waals surface area contributed by atoms with E-state index in [0.29, 0.717) is 0 Å². The van der Waals surface area contributed by atoms with Crippen molar-refractivity contribution in [1.29, 1.82) is 0 Å². The van der Waals surface area contributed by atoms with Gasteiger partial charge in [0.05, 0.1) is 17.2 Å². The summed E-state index contributed by atoms with van der Waals surface area (Å²) >= 11 is 0. The molecular formula is C14H18N2. The number of aromatic nitrogens is 1. The molecule has 0 saturated carbocycles. The molecule has 1 aromatic rings. The lowest BCUT2D eigenvalue weighted by molar-refractivity contribution is 0.618. The number of nitrogens with two attached hydrogens (primary N) is 1. The fraction of sp³-hybridized carbons (Fsp3) is 0.500. The second kappa shape index (κ2) is 4.27. The van der Waals surface area contributed by atoms with E-state index in [2.05, 4.69) is 22.9 Å². The average Bonchev–Trinajstić information content (AvgIpc) is 2.25. The molecule has 0 amide bonds. The van der Waals surface area contributed by atoms with Crippen LogP contribution in [0.3, 0.4) is 0 Å². The van der Waals surface area contributed by atoms with E-state index < -0.39 is 5.54 Å². The Morgan fingerprint density at radius 2 is 2.31 bits per heavy atom. The van der Waals surface area contributed by atoms with E-state index in [1.807, 2.05) is 26.1 Å². The van der Waals surface area contributed by atoms with Gasteiger partial charge < -0.3 is 5.73 Å². The molecule has 0 bridgehead atoms. The Morgan fingerprint density at radius 1 is 1.50 bits per heavy atom. The minimum atomic E-state index is -0.410. The summed E-state index contributed by atoms with van der Waals surface area (Å²) in [5.74, 6) is 6.67. The SMILES string of the molecule is CC(C)(N)C#CC1CCCc2cccnc21. The Labute approximate surface area is 97.3 Å². The third-order valence-electron chi connectivity index (χ3n) is 2.76. The van der Waals surface area contributed by atoms with Crippen molar-refractivity contribution in [3.8, 4) is 11.8 Å². The molecule has 84 valence electrons. The zero-order chi connectivity index (χ0) is 11.6. The first-order chi connectivity index (χ1) is 7.56. The molecule has 1 unspecified atom stereocenters. The van der Waals surface area contributed by atoms with E-state index in [1.165, 1.54) is 12.0 Å². The largest absolute Gasteiger partial charge is 0.316 e. The Hall–Kier alpha value is -1.33. The van der Waals surface area contributed by atoms with Gasteiger partial charge in [-0.2, -0.15) is 0 Å². The number of pyridine rings is 1. The van der Waals surface area contributed by atoms with Crippen molar-refractivity contribution < 1.29 is 0 Å². The van der Waals surface area contributed by atoms with E-state index in [1.54, 1.807) is 0 Å². The van der Waals surface area contributed by atoms with Gasteiger partial charge >= 0.3 is 0 Å². The van der Waals surface area contributed by atoms with Crippen molar-refractivity contribution in [2.24, 2.45) is 5.73 Å². The highest BCUT2D eigenvalue weighted by Gasteiger charge is 2.19. The minimum absolute atomic E-state index is 0.271. The Bertz CT molecular complexity index is 432.